The Kier molecular flexibility index (Phi) is 5.30. The van der Waals surface area contributed by atoms with Crippen LogP contribution in [0.1, 0.15) is 30.3 Å². The topological polar surface area (TPSA) is 63.8 Å². The molecule has 0 bridgehead atoms. The summed E-state index contributed by atoms with van der Waals surface area (Å²) in [6.07, 6.45) is 2.97. The molecule has 0 aliphatic heterocycles. The van der Waals surface area contributed by atoms with Crippen LogP contribution in [0.3, 0.4) is 0 Å². The molecule has 0 aliphatic carbocycles. The summed E-state index contributed by atoms with van der Waals surface area (Å²) in [6.45, 7) is 3.61. The quantitative estimate of drug-likeness (QED) is 0.816. The summed E-state index contributed by atoms with van der Waals surface area (Å²) in [6, 6.07) is 8.52. The summed E-state index contributed by atoms with van der Waals surface area (Å²) in [7, 11) is 0. The molecule has 0 atom stereocenters. The van der Waals surface area contributed by atoms with Crippen LogP contribution in [0, 0.1) is 0 Å². The predicted octanol–water partition coefficient (Wildman–Crippen LogP) is 2.60. The van der Waals surface area contributed by atoms with Crippen molar-refractivity contribution in [3.05, 3.63) is 41.2 Å². The lowest BCUT2D eigenvalue weighted by Gasteiger charge is -2.04. The lowest BCUT2D eigenvalue weighted by molar-refractivity contribution is 0.861. The Morgan fingerprint density at radius 3 is 2.58 bits per heavy atom. The minimum Gasteiger partial charge on any atom is -0.356 e. The van der Waals surface area contributed by atoms with E-state index in [4.69, 9.17) is 5.73 Å². The van der Waals surface area contributed by atoms with E-state index in [-0.39, 0.29) is 0 Å². The van der Waals surface area contributed by atoms with Gasteiger partial charge in [-0.3, -0.25) is 0 Å². The molecule has 1 aromatic carbocycles. The molecule has 0 unspecified atom stereocenters. The predicted molar refractivity (Wildman–Crippen MR) is 80.4 cm³/mol. The van der Waals surface area contributed by atoms with Crippen LogP contribution in [0.5, 0.6) is 0 Å². The van der Waals surface area contributed by atoms with E-state index in [1.807, 2.05) is 0 Å². The Labute approximate surface area is 118 Å². The number of hydrogen-bond acceptors (Lipinski definition) is 5. The van der Waals surface area contributed by atoms with E-state index >= 15 is 0 Å². The second kappa shape index (κ2) is 7.21. The molecule has 0 amide bonds. The fraction of sp³-hybridized carbons (Fsp3) is 0.429. The number of hydrogen-bond donors (Lipinski definition) is 2. The summed E-state index contributed by atoms with van der Waals surface area (Å²) >= 11 is 1.43. The first kappa shape index (κ1) is 14.0. The van der Waals surface area contributed by atoms with Crippen LogP contribution < -0.4 is 11.1 Å². The Morgan fingerprint density at radius 1 is 1.16 bits per heavy atom. The van der Waals surface area contributed by atoms with Gasteiger partial charge in [-0.05, 0) is 30.5 Å². The zero-order valence-electron chi connectivity index (χ0n) is 11.2. The maximum Gasteiger partial charge on any atom is 0.202 e. The van der Waals surface area contributed by atoms with Crippen molar-refractivity contribution in [1.29, 1.82) is 0 Å². The number of anilines is 1. The molecule has 1 aromatic heterocycles. The average molecular weight is 276 g/mol. The van der Waals surface area contributed by atoms with Gasteiger partial charge in [0.2, 0.25) is 5.13 Å². The highest BCUT2D eigenvalue weighted by atomic mass is 32.1. The maximum absolute atomic E-state index is 5.53. The molecule has 19 heavy (non-hydrogen) atoms. The molecular formula is C14H20N4S. The third kappa shape index (κ3) is 4.29. The van der Waals surface area contributed by atoms with Crippen molar-refractivity contribution in [3.63, 3.8) is 0 Å². The van der Waals surface area contributed by atoms with E-state index < -0.39 is 0 Å². The molecule has 4 nitrogen and oxygen atoms in total. The summed E-state index contributed by atoms with van der Waals surface area (Å²) in [5, 5.41) is 4.21. The van der Waals surface area contributed by atoms with E-state index in [0.29, 0.717) is 6.54 Å². The number of aromatic nitrogens is 2. The Balaban J connectivity index is 1.86. The largest absolute Gasteiger partial charge is 0.356 e. The molecule has 0 spiro atoms. The van der Waals surface area contributed by atoms with Gasteiger partial charge in [-0.25, -0.2) is 4.98 Å². The lowest BCUT2D eigenvalue weighted by atomic mass is 10.1. The standard InChI is InChI=1S/C14H20N4S/c1-2-3-13-17-14(19-18-13)16-10-12-6-4-11(5-7-12)8-9-15/h4-7H,2-3,8-10,15H2,1H3,(H,16,17,18). The third-order valence-electron chi connectivity index (χ3n) is 2.84. The van der Waals surface area contributed by atoms with Crippen LogP contribution in [0.2, 0.25) is 0 Å². The van der Waals surface area contributed by atoms with Gasteiger partial charge < -0.3 is 11.1 Å². The van der Waals surface area contributed by atoms with Crippen molar-refractivity contribution in [2.45, 2.75) is 32.7 Å². The molecule has 0 aliphatic rings. The minimum atomic E-state index is 0.697. The monoisotopic (exact) mass is 276 g/mol. The fourth-order valence-electron chi connectivity index (χ4n) is 1.82. The molecule has 0 fully saturated rings. The summed E-state index contributed by atoms with van der Waals surface area (Å²) < 4.78 is 4.31. The summed E-state index contributed by atoms with van der Waals surface area (Å²) in [4.78, 5) is 4.44. The summed E-state index contributed by atoms with van der Waals surface area (Å²) in [5.41, 5.74) is 8.06. The number of nitrogens with two attached hydrogens (primary N) is 1. The minimum absolute atomic E-state index is 0.697. The van der Waals surface area contributed by atoms with Gasteiger partial charge in [0.05, 0.1) is 0 Å². The van der Waals surface area contributed by atoms with E-state index in [9.17, 15) is 0 Å². The molecule has 2 rings (SSSR count). The fourth-order valence-corrected chi connectivity index (χ4v) is 2.43. The number of nitrogens with zero attached hydrogens (tertiary/aromatic N) is 2. The van der Waals surface area contributed by atoms with E-state index in [1.54, 1.807) is 0 Å². The maximum atomic E-state index is 5.53. The molecule has 1 heterocycles. The van der Waals surface area contributed by atoms with Crippen molar-refractivity contribution >= 4 is 16.7 Å². The van der Waals surface area contributed by atoms with Crippen molar-refractivity contribution < 1.29 is 0 Å². The molecule has 3 N–H and O–H groups in total. The van der Waals surface area contributed by atoms with Gasteiger partial charge >= 0.3 is 0 Å². The molecule has 0 saturated carbocycles. The lowest BCUT2D eigenvalue weighted by Crippen LogP contribution is -2.03. The number of benzene rings is 1. The molecule has 0 radical (unpaired) electrons. The first-order chi connectivity index (χ1) is 9.31. The van der Waals surface area contributed by atoms with E-state index in [2.05, 4.69) is 45.9 Å². The highest BCUT2D eigenvalue weighted by Crippen LogP contribution is 2.14. The van der Waals surface area contributed by atoms with E-state index in [1.165, 1.54) is 22.7 Å². The van der Waals surface area contributed by atoms with Gasteiger partial charge in [0.15, 0.2) is 0 Å². The van der Waals surface area contributed by atoms with Gasteiger partial charge in [-0.15, -0.1) is 0 Å². The van der Waals surface area contributed by atoms with Gasteiger partial charge in [-0.2, -0.15) is 4.37 Å². The van der Waals surface area contributed by atoms with Crippen LogP contribution in [-0.2, 0) is 19.4 Å². The van der Waals surface area contributed by atoms with Crippen LogP contribution in [0.15, 0.2) is 24.3 Å². The number of aryl methyl sites for hydroxylation is 1. The zero-order chi connectivity index (χ0) is 13.5. The average Bonchev–Trinajstić information content (AvgIpc) is 2.87. The first-order valence-corrected chi connectivity index (χ1v) is 7.43. The first-order valence-electron chi connectivity index (χ1n) is 6.66. The summed E-state index contributed by atoms with van der Waals surface area (Å²) in [5.74, 6) is 0.938. The second-order valence-electron chi connectivity index (χ2n) is 4.47. The van der Waals surface area contributed by atoms with Crippen molar-refractivity contribution in [2.75, 3.05) is 11.9 Å². The van der Waals surface area contributed by atoms with Gasteiger partial charge in [0.25, 0.3) is 0 Å². The smallest absolute Gasteiger partial charge is 0.202 e. The van der Waals surface area contributed by atoms with Gasteiger partial charge in [0.1, 0.15) is 5.82 Å². The Morgan fingerprint density at radius 2 is 1.89 bits per heavy atom. The molecular weight excluding hydrogens is 256 g/mol. The highest BCUT2D eigenvalue weighted by Gasteiger charge is 2.02. The van der Waals surface area contributed by atoms with Gasteiger partial charge in [-0.1, -0.05) is 31.2 Å². The SMILES string of the molecule is CCCc1nsc(NCc2ccc(CCN)cc2)n1. The van der Waals surface area contributed by atoms with Crippen molar-refractivity contribution in [3.8, 4) is 0 Å². The van der Waals surface area contributed by atoms with Crippen molar-refractivity contribution in [2.24, 2.45) is 5.73 Å². The molecule has 0 saturated heterocycles. The van der Waals surface area contributed by atoms with Crippen LogP contribution >= 0.6 is 11.5 Å². The molecule has 5 heteroatoms. The normalized spacial score (nSPS) is 10.6. The highest BCUT2D eigenvalue weighted by molar-refractivity contribution is 7.09. The Hall–Kier alpha value is -1.46. The molecule has 102 valence electrons. The Bertz CT molecular complexity index is 492. The molecule has 2 aromatic rings. The van der Waals surface area contributed by atoms with E-state index in [0.717, 1.165) is 36.8 Å². The third-order valence-corrected chi connectivity index (χ3v) is 3.55. The van der Waals surface area contributed by atoms with Gasteiger partial charge in [0, 0.05) is 24.5 Å². The van der Waals surface area contributed by atoms with Crippen LogP contribution in [-0.4, -0.2) is 15.9 Å². The second-order valence-corrected chi connectivity index (χ2v) is 5.23. The van der Waals surface area contributed by atoms with Crippen LogP contribution in [0.25, 0.3) is 0 Å². The van der Waals surface area contributed by atoms with Crippen molar-refractivity contribution in [1.82, 2.24) is 9.36 Å². The number of rotatable bonds is 7. The number of nitrogens with one attached hydrogen (secondary N) is 1. The zero-order valence-corrected chi connectivity index (χ0v) is 12.0. The van der Waals surface area contributed by atoms with Crippen LogP contribution in [0.4, 0.5) is 5.13 Å².